The van der Waals surface area contributed by atoms with Crippen LogP contribution in [0.2, 0.25) is 0 Å². The number of hydrogen-bond donors (Lipinski definition) is 3. The standard InChI is InChI=1S/C13H14N4O/c1-8-4-5-16-7-12(8)17-11-3-2-9(14)6-10(11)13(15)18/h2-7,17H,14H2,1H3,(H2,15,18). The van der Waals surface area contributed by atoms with Crippen molar-refractivity contribution >= 4 is 23.0 Å². The van der Waals surface area contributed by atoms with Crippen molar-refractivity contribution in [3.05, 3.63) is 47.8 Å². The molecule has 92 valence electrons. The van der Waals surface area contributed by atoms with Crippen LogP contribution in [0.4, 0.5) is 17.1 Å². The van der Waals surface area contributed by atoms with Crippen molar-refractivity contribution in [2.24, 2.45) is 5.73 Å². The second-order valence-corrected chi connectivity index (χ2v) is 3.98. The molecule has 5 nitrogen and oxygen atoms in total. The first-order chi connectivity index (χ1) is 8.58. The zero-order valence-electron chi connectivity index (χ0n) is 9.97. The minimum atomic E-state index is -0.522. The highest BCUT2D eigenvalue weighted by Crippen LogP contribution is 2.24. The number of carbonyl (C=O) groups is 1. The van der Waals surface area contributed by atoms with Gasteiger partial charge in [0.05, 0.1) is 23.1 Å². The van der Waals surface area contributed by atoms with Gasteiger partial charge in [-0.25, -0.2) is 0 Å². The molecule has 1 aromatic heterocycles. The molecule has 1 aromatic carbocycles. The Morgan fingerprint density at radius 3 is 2.72 bits per heavy atom. The molecule has 0 fully saturated rings. The maximum atomic E-state index is 11.4. The lowest BCUT2D eigenvalue weighted by Gasteiger charge is -2.12. The molecule has 5 heteroatoms. The van der Waals surface area contributed by atoms with E-state index in [1.54, 1.807) is 30.6 Å². The van der Waals surface area contributed by atoms with E-state index in [-0.39, 0.29) is 0 Å². The lowest BCUT2D eigenvalue weighted by molar-refractivity contribution is 0.100. The van der Waals surface area contributed by atoms with Gasteiger partial charge in [-0.15, -0.1) is 0 Å². The topological polar surface area (TPSA) is 94.0 Å². The molecule has 1 amide bonds. The van der Waals surface area contributed by atoms with E-state index in [9.17, 15) is 4.79 Å². The summed E-state index contributed by atoms with van der Waals surface area (Å²) in [5.74, 6) is -0.522. The van der Waals surface area contributed by atoms with Gasteiger partial charge in [-0.2, -0.15) is 0 Å². The maximum absolute atomic E-state index is 11.4. The van der Waals surface area contributed by atoms with E-state index in [2.05, 4.69) is 10.3 Å². The van der Waals surface area contributed by atoms with Crippen LogP contribution in [0, 0.1) is 6.92 Å². The molecule has 0 aliphatic carbocycles. The van der Waals surface area contributed by atoms with Crippen molar-refractivity contribution in [2.45, 2.75) is 6.92 Å². The Kier molecular flexibility index (Phi) is 3.14. The van der Waals surface area contributed by atoms with E-state index in [1.165, 1.54) is 0 Å². The SMILES string of the molecule is Cc1ccncc1Nc1ccc(N)cc1C(N)=O. The molecule has 0 aliphatic heterocycles. The number of rotatable bonds is 3. The van der Waals surface area contributed by atoms with Gasteiger partial charge in [0.25, 0.3) is 5.91 Å². The van der Waals surface area contributed by atoms with Crippen molar-refractivity contribution < 1.29 is 4.79 Å². The van der Waals surface area contributed by atoms with Crippen LogP contribution >= 0.6 is 0 Å². The predicted molar refractivity (Wildman–Crippen MR) is 71.6 cm³/mol. The Bertz CT molecular complexity index is 595. The fourth-order valence-electron chi connectivity index (χ4n) is 1.61. The van der Waals surface area contributed by atoms with Crippen LogP contribution in [-0.2, 0) is 0 Å². The number of primary amides is 1. The number of anilines is 3. The van der Waals surface area contributed by atoms with Crippen molar-refractivity contribution in [2.75, 3.05) is 11.1 Å². The molecular weight excluding hydrogens is 228 g/mol. The average molecular weight is 242 g/mol. The molecule has 18 heavy (non-hydrogen) atoms. The van der Waals surface area contributed by atoms with Gasteiger partial charge in [-0.05, 0) is 36.8 Å². The number of amides is 1. The van der Waals surface area contributed by atoms with Crippen molar-refractivity contribution in [1.29, 1.82) is 0 Å². The molecule has 5 N–H and O–H groups in total. The fourth-order valence-corrected chi connectivity index (χ4v) is 1.61. The van der Waals surface area contributed by atoms with E-state index in [1.807, 2.05) is 13.0 Å². The predicted octanol–water partition coefficient (Wildman–Crippen LogP) is 1.81. The number of nitrogens with zero attached hydrogens (tertiary/aromatic N) is 1. The Balaban J connectivity index is 2.41. The molecule has 2 rings (SSSR count). The number of pyridine rings is 1. The van der Waals surface area contributed by atoms with Gasteiger partial charge < -0.3 is 16.8 Å². The summed E-state index contributed by atoms with van der Waals surface area (Å²) in [5, 5.41) is 3.13. The minimum absolute atomic E-state index is 0.359. The number of nitrogens with two attached hydrogens (primary N) is 2. The van der Waals surface area contributed by atoms with Gasteiger partial charge >= 0.3 is 0 Å². The first-order valence-corrected chi connectivity index (χ1v) is 5.45. The smallest absolute Gasteiger partial charge is 0.250 e. The quantitative estimate of drug-likeness (QED) is 0.715. The largest absolute Gasteiger partial charge is 0.399 e. The summed E-state index contributed by atoms with van der Waals surface area (Å²) in [6, 6.07) is 6.86. The van der Waals surface area contributed by atoms with Crippen LogP contribution in [-0.4, -0.2) is 10.9 Å². The molecule has 0 saturated carbocycles. The highest BCUT2D eigenvalue weighted by Gasteiger charge is 2.09. The number of benzene rings is 1. The summed E-state index contributed by atoms with van der Waals surface area (Å²) in [7, 11) is 0. The van der Waals surface area contributed by atoms with E-state index in [0.717, 1.165) is 11.3 Å². The third-order valence-electron chi connectivity index (χ3n) is 2.62. The van der Waals surface area contributed by atoms with Gasteiger partial charge in [0.15, 0.2) is 0 Å². The van der Waals surface area contributed by atoms with E-state index in [4.69, 9.17) is 11.5 Å². The molecule has 0 aliphatic rings. The van der Waals surface area contributed by atoms with E-state index in [0.29, 0.717) is 16.9 Å². The summed E-state index contributed by atoms with van der Waals surface area (Å²) in [6.07, 6.45) is 3.40. The molecule has 0 atom stereocenters. The number of aromatic nitrogens is 1. The average Bonchev–Trinajstić information content (AvgIpc) is 2.34. The van der Waals surface area contributed by atoms with Crippen LogP contribution < -0.4 is 16.8 Å². The molecule has 0 radical (unpaired) electrons. The highest BCUT2D eigenvalue weighted by molar-refractivity contribution is 6.00. The van der Waals surface area contributed by atoms with Crippen molar-refractivity contribution in [3.63, 3.8) is 0 Å². The number of aryl methyl sites for hydroxylation is 1. The Morgan fingerprint density at radius 1 is 1.28 bits per heavy atom. The van der Waals surface area contributed by atoms with Gasteiger partial charge in [-0.3, -0.25) is 9.78 Å². The second kappa shape index (κ2) is 4.75. The van der Waals surface area contributed by atoms with Crippen LogP contribution in [0.5, 0.6) is 0 Å². The Morgan fingerprint density at radius 2 is 2.06 bits per heavy atom. The number of hydrogen-bond acceptors (Lipinski definition) is 4. The first kappa shape index (κ1) is 11.9. The normalized spacial score (nSPS) is 10.1. The second-order valence-electron chi connectivity index (χ2n) is 3.98. The van der Waals surface area contributed by atoms with E-state index >= 15 is 0 Å². The van der Waals surface area contributed by atoms with Crippen LogP contribution in [0.25, 0.3) is 0 Å². The molecule has 0 saturated heterocycles. The molecule has 2 aromatic rings. The van der Waals surface area contributed by atoms with Gasteiger partial charge in [-0.1, -0.05) is 0 Å². The van der Waals surface area contributed by atoms with Crippen LogP contribution in [0.1, 0.15) is 15.9 Å². The van der Waals surface area contributed by atoms with E-state index < -0.39 is 5.91 Å². The molecule has 0 bridgehead atoms. The number of nitrogen functional groups attached to an aromatic ring is 1. The van der Waals surface area contributed by atoms with Crippen molar-refractivity contribution in [3.8, 4) is 0 Å². The zero-order valence-corrected chi connectivity index (χ0v) is 9.97. The molecule has 1 heterocycles. The third kappa shape index (κ3) is 2.40. The summed E-state index contributed by atoms with van der Waals surface area (Å²) in [6.45, 7) is 1.95. The summed E-state index contributed by atoms with van der Waals surface area (Å²) in [4.78, 5) is 15.4. The summed E-state index contributed by atoms with van der Waals surface area (Å²) >= 11 is 0. The lowest BCUT2D eigenvalue weighted by Crippen LogP contribution is -2.14. The minimum Gasteiger partial charge on any atom is -0.399 e. The maximum Gasteiger partial charge on any atom is 0.250 e. The number of nitrogens with one attached hydrogen (secondary N) is 1. The number of carbonyl (C=O) groups excluding carboxylic acids is 1. The molecule has 0 unspecified atom stereocenters. The fraction of sp³-hybridized carbons (Fsp3) is 0.0769. The molecular formula is C13H14N4O. The Labute approximate surface area is 105 Å². The highest BCUT2D eigenvalue weighted by atomic mass is 16.1. The van der Waals surface area contributed by atoms with Gasteiger partial charge in [0.2, 0.25) is 0 Å². The molecule has 0 spiro atoms. The Hall–Kier alpha value is -2.56. The van der Waals surface area contributed by atoms with Gasteiger partial charge in [0, 0.05) is 11.9 Å². The zero-order chi connectivity index (χ0) is 13.1. The van der Waals surface area contributed by atoms with Crippen molar-refractivity contribution in [1.82, 2.24) is 4.98 Å². The third-order valence-corrected chi connectivity index (χ3v) is 2.62. The monoisotopic (exact) mass is 242 g/mol. The summed E-state index contributed by atoms with van der Waals surface area (Å²) < 4.78 is 0. The van der Waals surface area contributed by atoms with Crippen LogP contribution in [0.15, 0.2) is 36.7 Å². The first-order valence-electron chi connectivity index (χ1n) is 5.45. The van der Waals surface area contributed by atoms with Gasteiger partial charge in [0.1, 0.15) is 0 Å². The lowest BCUT2D eigenvalue weighted by atomic mass is 10.1. The summed E-state index contributed by atoms with van der Waals surface area (Å²) in [5.41, 5.74) is 14.3. The van der Waals surface area contributed by atoms with Crippen LogP contribution in [0.3, 0.4) is 0 Å².